The van der Waals surface area contributed by atoms with Crippen LogP contribution in [0.25, 0.3) is 22.4 Å². The number of phenolic OH excluding ortho intramolecular Hbond substituents is 1. The van der Waals surface area contributed by atoms with Gasteiger partial charge < -0.3 is 15.7 Å². The minimum atomic E-state index is 0.180. The van der Waals surface area contributed by atoms with Crippen LogP contribution in [0.2, 0.25) is 0 Å². The molecule has 3 aromatic rings. The first-order valence-electron chi connectivity index (χ1n) is 8.91. The van der Waals surface area contributed by atoms with Crippen LogP contribution >= 0.6 is 0 Å². The quantitative estimate of drug-likeness (QED) is 0.725. The van der Waals surface area contributed by atoms with E-state index in [0.29, 0.717) is 23.4 Å². The number of benzene rings is 1. The fourth-order valence-electron chi connectivity index (χ4n) is 3.40. The van der Waals surface area contributed by atoms with Crippen molar-refractivity contribution in [3.63, 3.8) is 0 Å². The first kappa shape index (κ1) is 19.4. The lowest BCUT2D eigenvalue weighted by molar-refractivity contribution is 0.386. The molecule has 3 N–H and O–H groups in total. The van der Waals surface area contributed by atoms with Crippen molar-refractivity contribution in [3.8, 4) is 34.2 Å². The molecule has 7 nitrogen and oxygen atoms in total. The molecule has 0 saturated carbocycles. The number of nitrogens with zero attached hydrogens (tertiary/aromatic N) is 5. The Morgan fingerprint density at radius 3 is 2.54 bits per heavy atom. The normalized spacial score (nSPS) is 11.0. The van der Waals surface area contributed by atoms with E-state index < -0.39 is 0 Å². The van der Waals surface area contributed by atoms with Crippen LogP contribution in [0.5, 0.6) is 5.75 Å². The Kier molecular flexibility index (Phi) is 5.08. The first-order valence-corrected chi connectivity index (χ1v) is 8.91. The molecule has 2 aromatic heterocycles. The molecule has 1 aromatic carbocycles. The summed E-state index contributed by atoms with van der Waals surface area (Å²) < 4.78 is 1.80. The highest BCUT2D eigenvalue weighted by Gasteiger charge is 2.19. The summed E-state index contributed by atoms with van der Waals surface area (Å²) in [5.41, 5.74) is 12.1. The molecule has 144 valence electrons. The molecule has 0 aliphatic rings. The van der Waals surface area contributed by atoms with Crippen molar-refractivity contribution in [3.05, 3.63) is 46.8 Å². The van der Waals surface area contributed by atoms with Crippen molar-refractivity contribution in [1.29, 1.82) is 5.26 Å². The van der Waals surface area contributed by atoms with E-state index in [1.165, 1.54) is 0 Å². The van der Waals surface area contributed by atoms with Crippen LogP contribution in [0.15, 0.2) is 24.3 Å². The van der Waals surface area contributed by atoms with E-state index in [1.54, 1.807) is 16.8 Å². The zero-order valence-electron chi connectivity index (χ0n) is 16.8. The lowest BCUT2D eigenvalue weighted by Crippen LogP contribution is -2.10. The highest BCUT2D eigenvalue weighted by molar-refractivity contribution is 5.81. The zero-order chi connectivity index (χ0) is 20.6. The molecule has 0 radical (unpaired) electrons. The predicted molar refractivity (Wildman–Crippen MR) is 110 cm³/mol. The maximum atomic E-state index is 10.2. The molecule has 0 aliphatic carbocycles. The topological polar surface area (TPSA) is 104 Å². The number of pyridine rings is 1. The average Bonchev–Trinajstić information content (AvgIpc) is 2.88. The van der Waals surface area contributed by atoms with Crippen molar-refractivity contribution >= 4 is 5.82 Å². The van der Waals surface area contributed by atoms with Crippen LogP contribution in [0.3, 0.4) is 0 Å². The van der Waals surface area contributed by atoms with E-state index >= 15 is 0 Å². The Morgan fingerprint density at radius 2 is 1.96 bits per heavy atom. The van der Waals surface area contributed by atoms with Gasteiger partial charge in [-0.15, -0.1) is 0 Å². The van der Waals surface area contributed by atoms with Gasteiger partial charge >= 0.3 is 0 Å². The number of aromatic nitrogens is 3. The second kappa shape index (κ2) is 7.33. The summed E-state index contributed by atoms with van der Waals surface area (Å²) in [5, 5.41) is 24.3. The smallest absolute Gasteiger partial charge is 0.142 e. The van der Waals surface area contributed by atoms with E-state index in [-0.39, 0.29) is 11.6 Å². The minimum absolute atomic E-state index is 0.180. The Bertz CT molecular complexity index is 1090. The number of phenols is 1. The van der Waals surface area contributed by atoms with E-state index in [9.17, 15) is 10.4 Å². The number of nitriles is 1. The molecule has 0 aliphatic heterocycles. The van der Waals surface area contributed by atoms with E-state index in [0.717, 1.165) is 28.1 Å². The van der Waals surface area contributed by atoms with Gasteiger partial charge in [0.05, 0.1) is 11.4 Å². The van der Waals surface area contributed by atoms with Crippen LogP contribution < -0.4 is 5.73 Å². The second-order valence-corrected chi connectivity index (χ2v) is 7.18. The number of nitrogen functional groups attached to an aromatic ring is 1. The van der Waals surface area contributed by atoms with Crippen molar-refractivity contribution in [1.82, 2.24) is 19.7 Å². The number of nitrogens with two attached hydrogens (primary N) is 1. The molecule has 0 unspecified atom stereocenters. The summed E-state index contributed by atoms with van der Waals surface area (Å²) >= 11 is 0. The fourth-order valence-corrected chi connectivity index (χ4v) is 3.40. The highest BCUT2D eigenvalue weighted by atomic mass is 16.3. The van der Waals surface area contributed by atoms with E-state index in [2.05, 4.69) is 16.2 Å². The molecule has 0 fully saturated rings. The number of hydrogen-bond acceptors (Lipinski definition) is 6. The van der Waals surface area contributed by atoms with Crippen LogP contribution in [0, 0.1) is 25.2 Å². The Labute approximate surface area is 164 Å². The van der Waals surface area contributed by atoms with Crippen LogP contribution in [-0.4, -0.2) is 38.9 Å². The molecule has 2 heterocycles. The molecule has 0 spiro atoms. The Morgan fingerprint density at radius 1 is 1.25 bits per heavy atom. The minimum Gasteiger partial charge on any atom is -0.508 e. The molecule has 0 saturated heterocycles. The summed E-state index contributed by atoms with van der Waals surface area (Å²) in [4.78, 5) is 6.44. The standard InChI is InChI=1S/C21H24N6O/c1-12-20(13(2)27(5)25-12)18-9-16(17(10-22)21(23)24-18)14-6-7-19(28)15(8-14)11-26(3)4/h6-9,28H,11H2,1-5H3,(H2,23,24). The summed E-state index contributed by atoms with van der Waals surface area (Å²) in [7, 11) is 5.75. The summed E-state index contributed by atoms with van der Waals surface area (Å²) in [6.45, 7) is 4.48. The fraction of sp³-hybridized carbons (Fsp3) is 0.286. The van der Waals surface area contributed by atoms with Gasteiger partial charge in [-0.1, -0.05) is 6.07 Å². The van der Waals surface area contributed by atoms with Gasteiger partial charge in [-0.3, -0.25) is 4.68 Å². The molecule has 7 heteroatoms. The maximum absolute atomic E-state index is 10.2. The first-order chi connectivity index (χ1) is 13.2. The lowest BCUT2D eigenvalue weighted by Gasteiger charge is -2.15. The van der Waals surface area contributed by atoms with Gasteiger partial charge in [0.2, 0.25) is 0 Å². The van der Waals surface area contributed by atoms with E-state index in [4.69, 9.17) is 5.73 Å². The molecule has 28 heavy (non-hydrogen) atoms. The van der Waals surface area contributed by atoms with Crippen LogP contribution in [-0.2, 0) is 13.6 Å². The number of hydrogen-bond donors (Lipinski definition) is 2. The number of rotatable bonds is 4. The van der Waals surface area contributed by atoms with Crippen molar-refractivity contribution < 1.29 is 5.11 Å². The van der Waals surface area contributed by atoms with Gasteiger partial charge in [0.15, 0.2) is 0 Å². The molecule has 0 bridgehead atoms. The van der Waals surface area contributed by atoms with Crippen molar-refractivity contribution in [2.24, 2.45) is 7.05 Å². The molecular formula is C21H24N6O. The monoisotopic (exact) mass is 376 g/mol. The summed E-state index contributed by atoms with van der Waals surface area (Å²) in [6, 6.07) is 9.36. The van der Waals surface area contributed by atoms with Crippen LogP contribution in [0.1, 0.15) is 22.5 Å². The largest absolute Gasteiger partial charge is 0.508 e. The van der Waals surface area contributed by atoms with Gasteiger partial charge in [-0.2, -0.15) is 10.4 Å². The lowest BCUT2D eigenvalue weighted by atomic mass is 9.96. The van der Waals surface area contributed by atoms with Gasteiger partial charge in [0, 0.05) is 36.0 Å². The summed E-state index contributed by atoms with van der Waals surface area (Å²) in [5.74, 6) is 0.400. The number of aromatic hydroxyl groups is 1. The van der Waals surface area contributed by atoms with Gasteiger partial charge in [0.1, 0.15) is 23.2 Å². The third-order valence-corrected chi connectivity index (χ3v) is 4.80. The third kappa shape index (κ3) is 3.42. The molecular weight excluding hydrogens is 352 g/mol. The average molecular weight is 376 g/mol. The Hall–Kier alpha value is -3.37. The Balaban J connectivity index is 2.24. The number of anilines is 1. The molecule has 3 rings (SSSR count). The van der Waals surface area contributed by atoms with Gasteiger partial charge in [-0.25, -0.2) is 4.98 Å². The van der Waals surface area contributed by atoms with Crippen LogP contribution in [0.4, 0.5) is 5.82 Å². The van der Waals surface area contributed by atoms with Crippen molar-refractivity contribution in [2.75, 3.05) is 19.8 Å². The third-order valence-electron chi connectivity index (χ3n) is 4.80. The maximum Gasteiger partial charge on any atom is 0.142 e. The van der Waals surface area contributed by atoms with Gasteiger partial charge in [0.25, 0.3) is 0 Å². The highest BCUT2D eigenvalue weighted by Crippen LogP contribution is 2.35. The SMILES string of the molecule is Cc1nn(C)c(C)c1-c1cc(-c2ccc(O)c(CN(C)C)c2)c(C#N)c(N)n1. The molecule has 0 amide bonds. The number of aryl methyl sites for hydroxylation is 2. The van der Waals surface area contributed by atoms with Gasteiger partial charge in [-0.05, 0) is 51.7 Å². The summed E-state index contributed by atoms with van der Waals surface area (Å²) in [6.07, 6.45) is 0. The van der Waals surface area contributed by atoms with Crippen molar-refractivity contribution in [2.45, 2.75) is 20.4 Å². The zero-order valence-corrected chi connectivity index (χ0v) is 16.8. The van der Waals surface area contributed by atoms with E-state index in [1.807, 2.05) is 52.0 Å². The predicted octanol–water partition coefficient (Wildman–Crippen LogP) is 2.99. The second-order valence-electron chi connectivity index (χ2n) is 7.18. The molecule has 0 atom stereocenters.